The van der Waals surface area contributed by atoms with Gasteiger partial charge in [0.15, 0.2) is 0 Å². The van der Waals surface area contributed by atoms with Crippen molar-refractivity contribution < 1.29 is 19.1 Å². The molecule has 2 N–H and O–H groups in total. The molecule has 0 heterocycles. The van der Waals surface area contributed by atoms with Gasteiger partial charge in [0.2, 0.25) is 0 Å². The first-order valence-electron chi connectivity index (χ1n) is 4.27. The number of carbonyl (C=O) groups is 2. The maximum Gasteiger partial charge on any atom is 0.339 e. The molecule has 0 amide bonds. The third-order valence-corrected chi connectivity index (χ3v) is 2.31. The predicted octanol–water partition coefficient (Wildman–Crippen LogP) is 1.50. The first-order chi connectivity index (χ1) is 7.51. The van der Waals surface area contributed by atoms with Crippen LogP contribution < -0.4 is 5.73 Å². The van der Waals surface area contributed by atoms with Crippen LogP contribution in [0.15, 0.2) is 12.1 Å². The monoisotopic (exact) mass is 243 g/mol. The van der Waals surface area contributed by atoms with Gasteiger partial charge in [-0.05, 0) is 12.1 Å². The molecule has 0 saturated heterocycles. The lowest BCUT2D eigenvalue weighted by molar-refractivity contribution is 0.0600. The number of halogens is 1. The Hall–Kier alpha value is -1.75. The second kappa shape index (κ2) is 4.85. The molecule has 16 heavy (non-hydrogen) atoms. The van der Waals surface area contributed by atoms with Crippen LogP contribution in [0.25, 0.3) is 0 Å². The zero-order chi connectivity index (χ0) is 12.3. The third-order valence-electron chi connectivity index (χ3n) is 1.91. The molecule has 0 aromatic heterocycles. The van der Waals surface area contributed by atoms with E-state index in [1.165, 1.54) is 26.4 Å². The van der Waals surface area contributed by atoms with Gasteiger partial charge in [0.1, 0.15) is 0 Å². The van der Waals surface area contributed by atoms with E-state index in [2.05, 4.69) is 9.47 Å². The molecule has 0 bridgehead atoms. The first kappa shape index (κ1) is 12.3. The minimum absolute atomic E-state index is 0.0320. The number of hydrogen-bond acceptors (Lipinski definition) is 5. The maximum absolute atomic E-state index is 11.3. The fraction of sp³-hybridized carbons (Fsp3) is 0.200. The van der Waals surface area contributed by atoms with Crippen LogP contribution in [0.5, 0.6) is 0 Å². The van der Waals surface area contributed by atoms with Gasteiger partial charge in [0.05, 0.1) is 30.4 Å². The Bertz CT molecular complexity index is 407. The molecule has 0 radical (unpaired) electrons. The smallest absolute Gasteiger partial charge is 0.339 e. The fourth-order valence-electron chi connectivity index (χ4n) is 1.16. The van der Waals surface area contributed by atoms with Crippen molar-refractivity contribution in [2.75, 3.05) is 20.0 Å². The van der Waals surface area contributed by atoms with Gasteiger partial charge >= 0.3 is 11.9 Å². The van der Waals surface area contributed by atoms with Crippen LogP contribution in [-0.2, 0) is 9.47 Å². The molecule has 0 atom stereocenters. The van der Waals surface area contributed by atoms with Crippen LogP contribution in [0.1, 0.15) is 20.7 Å². The summed E-state index contributed by atoms with van der Waals surface area (Å²) < 4.78 is 9.02. The summed E-state index contributed by atoms with van der Waals surface area (Å²) in [5.41, 5.74) is 5.83. The molecule has 0 unspecified atom stereocenters. The highest BCUT2D eigenvalue weighted by molar-refractivity contribution is 6.36. The molecule has 5 nitrogen and oxygen atoms in total. The molecule has 0 aliphatic rings. The highest BCUT2D eigenvalue weighted by atomic mass is 35.5. The molecule has 1 aromatic carbocycles. The van der Waals surface area contributed by atoms with Crippen molar-refractivity contribution in [1.82, 2.24) is 0 Å². The van der Waals surface area contributed by atoms with Crippen molar-refractivity contribution in [1.29, 1.82) is 0 Å². The van der Waals surface area contributed by atoms with Crippen molar-refractivity contribution in [3.05, 3.63) is 28.3 Å². The molecular formula is C10H10ClNO4. The number of carbonyl (C=O) groups excluding carboxylic acids is 2. The number of benzene rings is 1. The number of methoxy groups -OCH3 is 2. The lowest BCUT2D eigenvalue weighted by atomic mass is 10.1. The topological polar surface area (TPSA) is 78.6 Å². The quantitative estimate of drug-likeness (QED) is 0.629. The highest BCUT2D eigenvalue weighted by Gasteiger charge is 2.19. The number of nitrogen functional groups attached to an aromatic ring is 1. The summed E-state index contributed by atoms with van der Waals surface area (Å²) in [5, 5.41) is -0.0344. The Morgan fingerprint density at radius 1 is 1.12 bits per heavy atom. The number of hydrogen-bond donors (Lipinski definition) is 1. The molecule has 6 heteroatoms. The molecule has 1 aromatic rings. The minimum Gasteiger partial charge on any atom is -0.465 e. The third kappa shape index (κ3) is 2.25. The average Bonchev–Trinajstić information content (AvgIpc) is 2.29. The van der Waals surface area contributed by atoms with E-state index in [-0.39, 0.29) is 21.8 Å². The van der Waals surface area contributed by atoms with Crippen molar-refractivity contribution in [3.63, 3.8) is 0 Å². The molecule has 0 spiro atoms. The van der Waals surface area contributed by atoms with Crippen LogP contribution in [-0.4, -0.2) is 26.2 Å². The Morgan fingerprint density at radius 3 is 1.81 bits per heavy atom. The molecule has 0 aliphatic heterocycles. The van der Waals surface area contributed by atoms with Crippen molar-refractivity contribution in [3.8, 4) is 0 Å². The molecule has 0 fully saturated rings. The first-order valence-corrected chi connectivity index (χ1v) is 4.64. The lowest BCUT2D eigenvalue weighted by Gasteiger charge is -2.08. The van der Waals surface area contributed by atoms with E-state index >= 15 is 0 Å². The standard InChI is InChI=1S/C10H10ClNO4/c1-15-9(13)6-3-5(12)4-7(8(6)11)10(14)16-2/h3-4H,12H2,1-2H3. The SMILES string of the molecule is COC(=O)c1cc(N)cc(C(=O)OC)c1Cl. The zero-order valence-electron chi connectivity index (χ0n) is 8.74. The van der Waals surface area contributed by atoms with Crippen molar-refractivity contribution in [2.24, 2.45) is 0 Å². The molecular weight excluding hydrogens is 234 g/mol. The van der Waals surface area contributed by atoms with E-state index in [0.717, 1.165) is 0 Å². The van der Waals surface area contributed by atoms with E-state index in [9.17, 15) is 9.59 Å². The summed E-state index contributed by atoms with van der Waals surface area (Å²) in [6, 6.07) is 2.67. The Labute approximate surface area is 97.1 Å². The summed E-state index contributed by atoms with van der Waals surface area (Å²) >= 11 is 5.87. The number of anilines is 1. The van der Waals surface area contributed by atoms with Gasteiger partial charge in [-0.15, -0.1) is 0 Å². The summed E-state index contributed by atoms with van der Waals surface area (Å²) in [7, 11) is 2.42. The van der Waals surface area contributed by atoms with Gasteiger partial charge in [-0.3, -0.25) is 0 Å². The number of ether oxygens (including phenoxy) is 2. The summed E-state index contributed by atoms with van der Waals surface area (Å²) in [4.78, 5) is 22.7. The van der Waals surface area contributed by atoms with Crippen molar-refractivity contribution in [2.45, 2.75) is 0 Å². The molecule has 86 valence electrons. The van der Waals surface area contributed by atoms with Gasteiger partial charge in [0, 0.05) is 5.69 Å². The van der Waals surface area contributed by atoms with Gasteiger partial charge in [0.25, 0.3) is 0 Å². The highest BCUT2D eigenvalue weighted by Crippen LogP contribution is 2.25. The Kier molecular flexibility index (Phi) is 3.73. The minimum atomic E-state index is -0.664. The van der Waals surface area contributed by atoms with E-state index in [4.69, 9.17) is 17.3 Å². The van der Waals surface area contributed by atoms with Gasteiger partial charge in [-0.2, -0.15) is 0 Å². The van der Waals surface area contributed by atoms with Crippen LogP contribution >= 0.6 is 11.6 Å². The average molecular weight is 244 g/mol. The summed E-state index contributed by atoms with van der Waals surface area (Å²) in [5.74, 6) is -1.33. The summed E-state index contributed by atoms with van der Waals surface area (Å²) in [6.07, 6.45) is 0. The maximum atomic E-state index is 11.3. The molecule has 0 saturated carbocycles. The number of nitrogens with two attached hydrogens (primary N) is 1. The van der Waals surface area contributed by atoms with Gasteiger partial charge in [-0.1, -0.05) is 11.6 Å². The number of esters is 2. The van der Waals surface area contributed by atoms with E-state index in [1.54, 1.807) is 0 Å². The molecule has 0 aliphatic carbocycles. The van der Waals surface area contributed by atoms with E-state index in [1.807, 2.05) is 0 Å². The van der Waals surface area contributed by atoms with Crippen LogP contribution in [0, 0.1) is 0 Å². The second-order valence-corrected chi connectivity index (χ2v) is 3.29. The van der Waals surface area contributed by atoms with Crippen LogP contribution in [0.4, 0.5) is 5.69 Å². The van der Waals surface area contributed by atoms with Crippen molar-refractivity contribution >= 4 is 29.2 Å². The zero-order valence-corrected chi connectivity index (χ0v) is 9.50. The van der Waals surface area contributed by atoms with Crippen LogP contribution in [0.2, 0.25) is 5.02 Å². The fourth-order valence-corrected chi connectivity index (χ4v) is 1.43. The van der Waals surface area contributed by atoms with E-state index < -0.39 is 11.9 Å². The largest absolute Gasteiger partial charge is 0.465 e. The molecule has 1 rings (SSSR count). The second-order valence-electron chi connectivity index (χ2n) is 2.91. The Morgan fingerprint density at radius 2 is 1.50 bits per heavy atom. The van der Waals surface area contributed by atoms with Crippen LogP contribution in [0.3, 0.4) is 0 Å². The lowest BCUT2D eigenvalue weighted by Crippen LogP contribution is -2.09. The predicted molar refractivity (Wildman–Crippen MR) is 58.5 cm³/mol. The summed E-state index contributed by atoms with van der Waals surface area (Å²) in [6.45, 7) is 0. The normalized spacial score (nSPS) is 9.69. The Balaban J connectivity index is 3.37. The number of rotatable bonds is 2. The van der Waals surface area contributed by atoms with Gasteiger partial charge < -0.3 is 15.2 Å². The van der Waals surface area contributed by atoms with Gasteiger partial charge in [-0.25, -0.2) is 9.59 Å². The van der Waals surface area contributed by atoms with E-state index in [0.29, 0.717) is 0 Å².